The van der Waals surface area contributed by atoms with E-state index in [9.17, 15) is 4.79 Å². The first-order valence-electron chi connectivity index (χ1n) is 3.92. The van der Waals surface area contributed by atoms with E-state index in [2.05, 4.69) is 0 Å². The Kier molecular flexibility index (Phi) is 3.44. The third-order valence-corrected chi connectivity index (χ3v) is 1.41. The Labute approximate surface area is 71.1 Å². The minimum Gasteiger partial charge on any atom is -0.466 e. The summed E-state index contributed by atoms with van der Waals surface area (Å²) in [7, 11) is 0. The molecule has 0 N–H and O–H groups in total. The number of ether oxygens (including phenoxy) is 3. The zero-order chi connectivity index (χ0) is 8.81. The number of rotatable bonds is 4. The number of carbonyl (C=O) groups excluding carboxylic acids is 1. The quantitative estimate of drug-likeness (QED) is 0.597. The van der Waals surface area contributed by atoms with E-state index in [4.69, 9.17) is 14.2 Å². The van der Waals surface area contributed by atoms with Crippen molar-refractivity contribution in [2.45, 2.75) is 19.8 Å². The van der Waals surface area contributed by atoms with E-state index in [1.807, 2.05) is 0 Å². The van der Waals surface area contributed by atoms with E-state index in [-0.39, 0.29) is 12.8 Å². The molecule has 0 bridgehead atoms. The number of carbonyl (C=O) groups is 1. The van der Waals surface area contributed by atoms with Crippen LogP contribution in [-0.2, 0) is 19.0 Å². The largest absolute Gasteiger partial charge is 0.466 e. The molecule has 0 fully saturated rings. The third-order valence-electron chi connectivity index (χ3n) is 1.41. The maximum atomic E-state index is 10.9. The zero-order valence-corrected chi connectivity index (χ0v) is 7.04. The predicted molar refractivity (Wildman–Crippen MR) is 41.0 cm³/mol. The fraction of sp³-hybridized carbons (Fsp3) is 0.625. The number of hydrogen-bond acceptors (Lipinski definition) is 4. The van der Waals surface area contributed by atoms with E-state index >= 15 is 0 Å². The van der Waals surface area contributed by atoms with Gasteiger partial charge in [-0.25, -0.2) is 0 Å². The lowest BCUT2D eigenvalue weighted by atomic mass is 10.3. The molecule has 4 nitrogen and oxygen atoms in total. The van der Waals surface area contributed by atoms with E-state index in [1.165, 1.54) is 6.26 Å². The second kappa shape index (κ2) is 4.64. The van der Waals surface area contributed by atoms with Gasteiger partial charge in [0.25, 0.3) is 0 Å². The summed E-state index contributed by atoms with van der Waals surface area (Å²) in [6.07, 6.45) is 2.43. The highest BCUT2D eigenvalue weighted by molar-refractivity contribution is 5.69. The van der Waals surface area contributed by atoms with Crippen LogP contribution in [0.5, 0.6) is 0 Å². The van der Waals surface area contributed by atoms with Gasteiger partial charge >= 0.3 is 5.97 Å². The van der Waals surface area contributed by atoms with Gasteiger partial charge in [0.1, 0.15) is 12.0 Å². The fourth-order valence-electron chi connectivity index (χ4n) is 0.860. The van der Waals surface area contributed by atoms with Crippen LogP contribution in [0.1, 0.15) is 19.8 Å². The van der Waals surface area contributed by atoms with Crippen LogP contribution < -0.4 is 0 Å². The summed E-state index contributed by atoms with van der Waals surface area (Å²) in [4.78, 5) is 10.9. The minimum atomic E-state index is -0.200. The van der Waals surface area contributed by atoms with Gasteiger partial charge in [0, 0.05) is 6.42 Å². The summed E-state index contributed by atoms with van der Waals surface area (Å²) in [5.74, 6) is 0.511. The Morgan fingerprint density at radius 3 is 3.17 bits per heavy atom. The highest BCUT2D eigenvalue weighted by atomic mass is 16.7. The van der Waals surface area contributed by atoms with Crippen LogP contribution in [0.15, 0.2) is 12.0 Å². The first kappa shape index (κ1) is 8.90. The van der Waals surface area contributed by atoms with Crippen molar-refractivity contribution >= 4 is 5.97 Å². The highest BCUT2D eigenvalue weighted by Gasteiger charge is 2.09. The Morgan fingerprint density at radius 1 is 1.75 bits per heavy atom. The first-order chi connectivity index (χ1) is 5.83. The monoisotopic (exact) mass is 172 g/mol. The smallest absolute Gasteiger partial charge is 0.306 e. The lowest BCUT2D eigenvalue weighted by Crippen LogP contribution is -2.04. The van der Waals surface area contributed by atoms with Crippen molar-refractivity contribution in [3.8, 4) is 0 Å². The molecule has 1 heterocycles. The number of allylic oxidation sites excluding steroid dienone is 1. The lowest BCUT2D eigenvalue weighted by Gasteiger charge is -2.01. The Morgan fingerprint density at radius 2 is 2.58 bits per heavy atom. The molecule has 0 unspecified atom stereocenters. The molecule has 0 amide bonds. The van der Waals surface area contributed by atoms with Gasteiger partial charge in [0.2, 0.25) is 6.79 Å². The van der Waals surface area contributed by atoms with Gasteiger partial charge in [-0.1, -0.05) is 0 Å². The summed E-state index contributed by atoms with van der Waals surface area (Å²) < 4.78 is 14.6. The Balaban J connectivity index is 2.12. The van der Waals surface area contributed by atoms with Gasteiger partial charge < -0.3 is 14.2 Å². The molecule has 0 aromatic heterocycles. The summed E-state index contributed by atoms with van der Waals surface area (Å²) >= 11 is 0. The molecule has 0 saturated carbocycles. The molecule has 4 heteroatoms. The van der Waals surface area contributed by atoms with Gasteiger partial charge in [0.15, 0.2) is 0 Å². The van der Waals surface area contributed by atoms with Crippen molar-refractivity contribution in [3.05, 3.63) is 12.0 Å². The average molecular weight is 172 g/mol. The van der Waals surface area contributed by atoms with Crippen molar-refractivity contribution in [2.75, 3.05) is 13.4 Å². The third kappa shape index (κ3) is 2.82. The van der Waals surface area contributed by atoms with Crippen molar-refractivity contribution in [1.29, 1.82) is 0 Å². The van der Waals surface area contributed by atoms with Crippen LogP contribution in [0.4, 0.5) is 0 Å². The topological polar surface area (TPSA) is 44.8 Å². The highest BCUT2D eigenvalue weighted by Crippen LogP contribution is 2.12. The zero-order valence-electron chi connectivity index (χ0n) is 7.04. The van der Waals surface area contributed by atoms with Crippen molar-refractivity contribution in [2.24, 2.45) is 0 Å². The summed E-state index contributed by atoms with van der Waals surface area (Å²) in [5, 5.41) is 0. The van der Waals surface area contributed by atoms with Gasteiger partial charge in [-0.05, 0) is 6.92 Å². The minimum absolute atomic E-state index is 0.200. The molecule has 0 radical (unpaired) electrons. The normalized spacial score (nSPS) is 14.6. The van der Waals surface area contributed by atoms with Crippen LogP contribution >= 0.6 is 0 Å². The molecule has 0 aromatic rings. The first-order valence-corrected chi connectivity index (χ1v) is 3.92. The molecule has 1 aliphatic heterocycles. The molecular weight excluding hydrogens is 160 g/mol. The second-order valence-corrected chi connectivity index (χ2v) is 2.32. The van der Waals surface area contributed by atoms with Crippen molar-refractivity contribution < 1.29 is 19.0 Å². The average Bonchev–Trinajstić information content (AvgIpc) is 2.53. The van der Waals surface area contributed by atoms with Crippen LogP contribution in [0.3, 0.4) is 0 Å². The predicted octanol–water partition coefficient (Wildman–Crippen LogP) is 1.18. The van der Waals surface area contributed by atoms with E-state index in [0.29, 0.717) is 25.2 Å². The molecule has 0 aromatic carbocycles. The molecule has 1 rings (SSSR count). The van der Waals surface area contributed by atoms with Crippen molar-refractivity contribution in [1.82, 2.24) is 0 Å². The lowest BCUT2D eigenvalue weighted by molar-refractivity contribution is -0.143. The van der Waals surface area contributed by atoms with Crippen LogP contribution in [0, 0.1) is 0 Å². The second-order valence-electron chi connectivity index (χ2n) is 2.32. The van der Waals surface area contributed by atoms with Gasteiger partial charge in [-0.2, -0.15) is 0 Å². The molecule has 0 spiro atoms. The van der Waals surface area contributed by atoms with E-state index < -0.39 is 0 Å². The summed E-state index contributed by atoms with van der Waals surface area (Å²) in [5.41, 5.74) is 0. The number of esters is 1. The van der Waals surface area contributed by atoms with Gasteiger partial charge in [0.05, 0.1) is 13.0 Å². The molecular formula is C8H12O4. The Bertz CT molecular complexity index is 185. The Hall–Kier alpha value is -1.19. The molecule has 0 aliphatic carbocycles. The van der Waals surface area contributed by atoms with Crippen LogP contribution in [0.25, 0.3) is 0 Å². The van der Waals surface area contributed by atoms with E-state index in [1.54, 1.807) is 6.92 Å². The maximum Gasteiger partial charge on any atom is 0.306 e. The molecule has 0 saturated heterocycles. The fourth-order valence-corrected chi connectivity index (χ4v) is 0.860. The van der Waals surface area contributed by atoms with Crippen LogP contribution in [-0.4, -0.2) is 19.4 Å². The molecule has 1 aliphatic rings. The number of hydrogen-bond donors (Lipinski definition) is 0. The summed E-state index contributed by atoms with van der Waals surface area (Å²) in [6, 6.07) is 0. The van der Waals surface area contributed by atoms with Gasteiger partial charge in [-0.15, -0.1) is 0 Å². The van der Waals surface area contributed by atoms with Crippen LogP contribution in [0.2, 0.25) is 0 Å². The maximum absolute atomic E-state index is 10.9. The SMILES string of the molecule is CCOC(=O)CCC1=COCO1. The molecule has 12 heavy (non-hydrogen) atoms. The standard InChI is InChI=1S/C8H12O4/c1-2-11-8(9)4-3-7-5-10-6-12-7/h5H,2-4,6H2,1H3. The van der Waals surface area contributed by atoms with Crippen molar-refractivity contribution in [3.63, 3.8) is 0 Å². The molecule has 0 atom stereocenters. The molecule has 68 valence electrons. The van der Waals surface area contributed by atoms with E-state index in [0.717, 1.165) is 0 Å². The van der Waals surface area contributed by atoms with Gasteiger partial charge in [-0.3, -0.25) is 4.79 Å². The summed E-state index contributed by atoms with van der Waals surface area (Å²) in [6.45, 7) is 2.47.